The molecule has 3 aliphatic rings. The van der Waals surface area contributed by atoms with Crippen LogP contribution in [0.15, 0.2) is 77.7 Å². The van der Waals surface area contributed by atoms with Crippen molar-refractivity contribution in [1.82, 2.24) is 10.6 Å². The molecule has 2 aliphatic heterocycles. The Morgan fingerprint density at radius 1 is 0.941 bits per heavy atom. The van der Waals surface area contributed by atoms with Gasteiger partial charge in [0.15, 0.2) is 4.90 Å². The molecule has 1 saturated heterocycles. The van der Waals surface area contributed by atoms with Gasteiger partial charge in [0.2, 0.25) is 0 Å². The highest BCUT2D eigenvalue weighted by Crippen LogP contribution is 2.44. The van der Waals surface area contributed by atoms with Gasteiger partial charge in [-0.1, -0.05) is 42.5 Å². The number of benzene rings is 3. The molecule has 3 unspecified atom stereocenters. The molecule has 5 heteroatoms. The van der Waals surface area contributed by atoms with Crippen LogP contribution in [0, 0.1) is 5.92 Å². The summed E-state index contributed by atoms with van der Waals surface area (Å²) in [5, 5.41) is 7.27. The van der Waals surface area contributed by atoms with Crippen molar-refractivity contribution in [3.8, 4) is 11.1 Å². The molecule has 0 radical (unpaired) electrons. The number of hydrogen-bond acceptors (Lipinski definition) is 4. The molecule has 0 aromatic heterocycles. The quantitative estimate of drug-likeness (QED) is 0.482. The largest absolute Gasteiger partial charge is 0.588 e. The fourth-order valence-electron chi connectivity index (χ4n) is 5.51. The predicted octanol–water partition coefficient (Wildman–Crippen LogP) is 4.88. The van der Waals surface area contributed by atoms with E-state index in [2.05, 4.69) is 57.4 Å². The minimum Gasteiger partial charge on any atom is -0.588 e. The van der Waals surface area contributed by atoms with Gasteiger partial charge in [-0.05, 0) is 104 Å². The Bertz CT molecular complexity index is 1110. The topological polar surface area (TPSA) is 50.4 Å². The van der Waals surface area contributed by atoms with E-state index >= 15 is 0 Å². The standard InChI is InChI=1S/C29H33N3OS/c33-34(26-9-6-23(7-10-26)22-4-2-1-3-5-22)32-17-14-25-18-24(8-11-29(25)32)27-19-28(27)31-20-21-12-15-30-16-13-21/h1-11,18,21,27-28,30-31H,12-17,19-20H2. The fraction of sp³-hybridized carbons (Fsp3) is 0.379. The Kier molecular flexibility index (Phi) is 6.35. The van der Waals surface area contributed by atoms with Crippen LogP contribution in [0.1, 0.15) is 36.3 Å². The van der Waals surface area contributed by atoms with Crippen LogP contribution in [0.5, 0.6) is 0 Å². The Morgan fingerprint density at radius 3 is 2.50 bits per heavy atom. The number of nitrogens with one attached hydrogen (secondary N) is 2. The van der Waals surface area contributed by atoms with Crippen molar-refractivity contribution in [1.29, 1.82) is 0 Å². The highest BCUT2D eigenvalue weighted by molar-refractivity contribution is 7.92. The lowest BCUT2D eigenvalue weighted by atomic mass is 9.98. The summed E-state index contributed by atoms with van der Waals surface area (Å²) >= 11 is -1.18. The van der Waals surface area contributed by atoms with Gasteiger partial charge in [0, 0.05) is 12.0 Å². The van der Waals surface area contributed by atoms with E-state index in [1.54, 1.807) is 0 Å². The lowest BCUT2D eigenvalue weighted by molar-refractivity contribution is 0.355. The first kappa shape index (κ1) is 22.2. The normalized spacial score (nSPS) is 23.0. The monoisotopic (exact) mass is 471 g/mol. The minimum atomic E-state index is -1.18. The molecule has 6 rings (SSSR count). The van der Waals surface area contributed by atoms with Gasteiger partial charge in [-0.15, -0.1) is 0 Å². The van der Waals surface area contributed by atoms with Gasteiger partial charge in [-0.3, -0.25) is 0 Å². The van der Waals surface area contributed by atoms with E-state index < -0.39 is 11.4 Å². The van der Waals surface area contributed by atoms with E-state index in [-0.39, 0.29) is 0 Å². The minimum absolute atomic E-state index is 0.628. The molecule has 1 saturated carbocycles. The van der Waals surface area contributed by atoms with Crippen molar-refractivity contribution in [2.24, 2.45) is 5.92 Å². The molecule has 0 spiro atoms. The summed E-state index contributed by atoms with van der Waals surface area (Å²) in [4.78, 5) is 0.862. The van der Waals surface area contributed by atoms with Gasteiger partial charge in [0.05, 0.1) is 12.2 Å². The molecule has 3 aromatic carbocycles. The van der Waals surface area contributed by atoms with Crippen LogP contribution in [-0.2, 0) is 17.8 Å². The summed E-state index contributed by atoms with van der Waals surface area (Å²) in [5.74, 6) is 1.46. The van der Waals surface area contributed by atoms with Crippen molar-refractivity contribution in [2.45, 2.75) is 42.5 Å². The van der Waals surface area contributed by atoms with Gasteiger partial charge in [-0.2, -0.15) is 4.31 Å². The van der Waals surface area contributed by atoms with Crippen molar-refractivity contribution in [3.63, 3.8) is 0 Å². The Hall–Kier alpha value is -2.31. The molecule has 3 atom stereocenters. The molecular weight excluding hydrogens is 438 g/mol. The van der Waals surface area contributed by atoms with E-state index in [0.717, 1.165) is 41.6 Å². The molecule has 1 aliphatic carbocycles. The summed E-state index contributed by atoms with van der Waals surface area (Å²) in [6.07, 6.45) is 4.81. The second kappa shape index (κ2) is 9.74. The first-order valence-electron chi connectivity index (χ1n) is 12.7. The SMILES string of the molecule is [O-][S+](c1ccc(-c2ccccc2)cc1)N1CCc2cc(C3CC3NCC3CCNCC3)ccc21. The first-order chi connectivity index (χ1) is 16.8. The van der Waals surface area contributed by atoms with Crippen LogP contribution in [0.25, 0.3) is 11.1 Å². The van der Waals surface area contributed by atoms with E-state index in [1.807, 2.05) is 30.3 Å². The Balaban J connectivity index is 1.09. The zero-order valence-electron chi connectivity index (χ0n) is 19.6. The van der Waals surface area contributed by atoms with Gasteiger partial charge in [-0.25, -0.2) is 0 Å². The zero-order chi connectivity index (χ0) is 22.9. The summed E-state index contributed by atoms with van der Waals surface area (Å²) in [6.45, 7) is 4.30. The summed E-state index contributed by atoms with van der Waals surface area (Å²) in [5.41, 5.74) is 6.26. The van der Waals surface area contributed by atoms with Crippen LogP contribution in [0.3, 0.4) is 0 Å². The number of hydrogen-bond donors (Lipinski definition) is 2. The highest BCUT2D eigenvalue weighted by atomic mass is 32.2. The number of rotatable bonds is 7. The number of fused-ring (bicyclic) bond motifs is 1. The molecule has 2 fully saturated rings. The molecular formula is C29H33N3OS. The van der Waals surface area contributed by atoms with Crippen molar-refractivity contribution in [2.75, 3.05) is 30.5 Å². The molecule has 3 aromatic rings. The Morgan fingerprint density at radius 2 is 1.71 bits per heavy atom. The maximum absolute atomic E-state index is 13.4. The lowest BCUT2D eigenvalue weighted by Crippen LogP contribution is -2.34. The average molecular weight is 472 g/mol. The third-order valence-corrected chi connectivity index (χ3v) is 9.12. The second-order valence-corrected chi connectivity index (χ2v) is 11.3. The molecule has 4 nitrogen and oxygen atoms in total. The third kappa shape index (κ3) is 4.63. The third-order valence-electron chi connectivity index (χ3n) is 7.67. The van der Waals surface area contributed by atoms with E-state index in [1.165, 1.54) is 49.0 Å². The molecule has 2 N–H and O–H groups in total. The van der Waals surface area contributed by atoms with Crippen molar-refractivity contribution in [3.05, 3.63) is 83.9 Å². The number of nitrogens with zero attached hydrogens (tertiary/aromatic N) is 1. The summed E-state index contributed by atoms with van der Waals surface area (Å²) < 4.78 is 15.5. The van der Waals surface area contributed by atoms with Crippen LogP contribution >= 0.6 is 0 Å². The van der Waals surface area contributed by atoms with Gasteiger partial charge in [0.25, 0.3) is 0 Å². The van der Waals surface area contributed by atoms with E-state index in [4.69, 9.17) is 0 Å². The smallest absolute Gasteiger partial charge is 0.180 e. The molecule has 2 heterocycles. The highest BCUT2D eigenvalue weighted by Gasteiger charge is 2.39. The van der Waals surface area contributed by atoms with Crippen molar-refractivity contribution < 1.29 is 4.55 Å². The van der Waals surface area contributed by atoms with Crippen molar-refractivity contribution >= 4 is 17.0 Å². The van der Waals surface area contributed by atoms with Gasteiger partial charge >= 0.3 is 0 Å². The zero-order valence-corrected chi connectivity index (χ0v) is 20.4. The summed E-state index contributed by atoms with van der Waals surface area (Å²) in [7, 11) is 0. The molecule has 0 amide bonds. The van der Waals surface area contributed by atoms with Crippen LogP contribution < -0.4 is 14.9 Å². The number of piperidine rings is 1. The second-order valence-electron chi connectivity index (χ2n) is 9.93. The van der Waals surface area contributed by atoms with Gasteiger partial charge in [0.1, 0.15) is 11.4 Å². The van der Waals surface area contributed by atoms with Crippen LogP contribution in [-0.4, -0.2) is 36.8 Å². The maximum atomic E-state index is 13.4. The van der Waals surface area contributed by atoms with E-state index in [0.29, 0.717) is 12.0 Å². The Labute approximate surface area is 206 Å². The predicted molar refractivity (Wildman–Crippen MR) is 141 cm³/mol. The first-order valence-corrected chi connectivity index (χ1v) is 13.8. The average Bonchev–Trinajstić information content (AvgIpc) is 3.57. The maximum Gasteiger partial charge on any atom is 0.180 e. The van der Waals surface area contributed by atoms with Crippen LogP contribution in [0.2, 0.25) is 0 Å². The lowest BCUT2D eigenvalue weighted by Gasteiger charge is -2.23. The van der Waals surface area contributed by atoms with Gasteiger partial charge < -0.3 is 15.2 Å². The van der Waals surface area contributed by atoms with Crippen LogP contribution in [0.4, 0.5) is 5.69 Å². The molecule has 176 valence electrons. The molecule has 0 bridgehead atoms. The number of anilines is 1. The fourth-order valence-corrected chi connectivity index (χ4v) is 6.75. The van der Waals surface area contributed by atoms with E-state index in [9.17, 15) is 4.55 Å². The molecule has 34 heavy (non-hydrogen) atoms. The summed E-state index contributed by atoms with van der Waals surface area (Å²) in [6, 6.07) is 26.0.